The van der Waals surface area contributed by atoms with Gasteiger partial charge in [-0.25, -0.2) is 9.97 Å². The van der Waals surface area contributed by atoms with E-state index in [-0.39, 0.29) is 0 Å². The van der Waals surface area contributed by atoms with Gasteiger partial charge in [0.2, 0.25) is 0 Å². The number of anilines is 1. The Hall–Kier alpha value is -0.870. The Morgan fingerprint density at radius 1 is 1.54 bits per heavy atom. The summed E-state index contributed by atoms with van der Waals surface area (Å²) in [5.74, 6) is 0.613. The van der Waals surface area contributed by atoms with E-state index in [1.807, 2.05) is 0 Å². The molecule has 0 unspecified atom stereocenters. The largest absolute Gasteiger partial charge is 0.389 e. The van der Waals surface area contributed by atoms with E-state index < -0.39 is 5.60 Å². The van der Waals surface area contributed by atoms with Gasteiger partial charge in [0.05, 0.1) is 5.60 Å². The highest BCUT2D eigenvalue weighted by Gasteiger charge is 2.11. The van der Waals surface area contributed by atoms with Gasteiger partial charge in [-0.3, -0.25) is 0 Å². The van der Waals surface area contributed by atoms with E-state index in [0.717, 1.165) is 0 Å². The molecule has 0 radical (unpaired) electrons. The van der Waals surface area contributed by atoms with Crippen LogP contribution in [0.25, 0.3) is 0 Å². The monoisotopic (exact) mass is 201 g/mol. The summed E-state index contributed by atoms with van der Waals surface area (Å²) in [5, 5.41) is 12.7. The van der Waals surface area contributed by atoms with Gasteiger partial charge < -0.3 is 10.4 Å². The molecule has 72 valence electrons. The van der Waals surface area contributed by atoms with Gasteiger partial charge in [-0.2, -0.15) is 0 Å². The zero-order valence-corrected chi connectivity index (χ0v) is 8.34. The smallest absolute Gasteiger partial charge is 0.134 e. The molecule has 0 bridgehead atoms. The summed E-state index contributed by atoms with van der Waals surface area (Å²) in [6, 6.07) is 1.60. The first kappa shape index (κ1) is 10.2. The molecule has 0 spiro atoms. The lowest BCUT2D eigenvalue weighted by atomic mass is 10.1. The van der Waals surface area contributed by atoms with Crippen LogP contribution in [0.3, 0.4) is 0 Å². The number of aromatic nitrogens is 2. The number of hydrogen-bond acceptors (Lipinski definition) is 4. The minimum Gasteiger partial charge on any atom is -0.389 e. The Morgan fingerprint density at radius 3 is 2.77 bits per heavy atom. The molecule has 5 heteroatoms. The van der Waals surface area contributed by atoms with Gasteiger partial charge >= 0.3 is 0 Å². The quantitative estimate of drug-likeness (QED) is 0.725. The Balaban J connectivity index is 2.55. The summed E-state index contributed by atoms with van der Waals surface area (Å²) in [6.07, 6.45) is 1.37. The third-order valence-corrected chi connectivity index (χ3v) is 1.54. The maximum Gasteiger partial charge on any atom is 0.134 e. The van der Waals surface area contributed by atoms with Gasteiger partial charge in [0.15, 0.2) is 0 Å². The van der Waals surface area contributed by atoms with Gasteiger partial charge in [-0.1, -0.05) is 11.6 Å². The van der Waals surface area contributed by atoms with Crippen LogP contribution in [0.5, 0.6) is 0 Å². The van der Waals surface area contributed by atoms with Crippen molar-refractivity contribution in [3.8, 4) is 0 Å². The van der Waals surface area contributed by atoms with Crippen LogP contribution in [0.2, 0.25) is 5.15 Å². The first-order valence-corrected chi connectivity index (χ1v) is 4.29. The molecule has 0 aliphatic heterocycles. The van der Waals surface area contributed by atoms with E-state index in [4.69, 9.17) is 11.6 Å². The van der Waals surface area contributed by atoms with E-state index in [9.17, 15) is 5.11 Å². The molecule has 1 aromatic rings. The third kappa shape index (κ3) is 4.05. The molecule has 0 saturated heterocycles. The second-order valence-electron chi connectivity index (χ2n) is 3.39. The van der Waals surface area contributed by atoms with Crippen LogP contribution in [0.15, 0.2) is 12.4 Å². The molecule has 0 aliphatic rings. The van der Waals surface area contributed by atoms with Crippen molar-refractivity contribution in [2.75, 3.05) is 11.9 Å². The molecule has 0 fully saturated rings. The number of aliphatic hydroxyl groups is 1. The van der Waals surface area contributed by atoms with E-state index in [1.165, 1.54) is 6.33 Å². The maximum atomic E-state index is 9.41. The third-order valence-electron chi connectivity index (χ3n) is 1.34. The van der Waals surface area contributed by atoms with Crippen LogP contribution >= 0.6 is 11.6 Å². The van der Waals surface area contributed by atoms with Crippen molar-refractivity contribution in [1.82, 2.24) is 9.97 Å². The number of hydrogen-bond donors (Lipinski definition) is 2. The van der Waals surface area contributed by atoms with Crippen molar-refractivity contribution in [3.63, 3.8) is 0 Å². The van der Waals surface area contributed by atoms with Crippen LogP contribution in [0, 0.1) is 0 Å². The molecule has 2 N–H and O–H groups in total. The fourth-order valence-corrected chi connectivity index (χ4v) is 0.884. The molecule has 4 nitrogen and oxygen atoms in total. The van der Waals surface area contributed by atoms with Crippen LogP contribution in [-0.2, 0) is 0 Å². The van der Waals surface area contributed by atoms with Crippen LogP contribution in [-0.4, -0.2) is 27.2 Å². The predicted octanol–water partition coefficient (Wildman–Crippen LogP) is 1.31. The zero-order chi connectivity index (χ0) is 9.90. The summed E-state index contributed by atoms with van der Waals surface area (Å²) in [6.45, 7) is 3.84. The Labute approximate surface area is 82.0 Å². The standard InChI is InChI=1S/C8H12ClN3O/c1-8(2,13)4-10-7-3-6(9)11-5-12-7/h3,5,13H,4H2,1-2H3,(H,10,11,12). The highest BCUT2D eigenvalue weighted by Crippen LogP contribution is 2.10. The minimum absolute atomic E-state index is 0.383. The fourth-order valence-electron chi connectivity index (χ4n) is 0.737. The van der Waals surface area contributed by atoms with Crippen LogP contribution < -0.4 is 5.32 Å². The van der Waals surface area contributed by atoms with Crippen molar-refractivity contribution in [1.29, 1.82) is 0 Å². The van der Waals surface area contributed by atoms with Crippen molar-refractivity contribution in [2.45, 2.75) is 19.4 Å². The molecule has 1 heterocycles. The Kier molecular flexibility index (Phi) is 3.06. The van der Waals surface area contributed by atoms with Crippen LogP contribution in [0.4, 0.5) is 5.82 Å². The Bertz CT molecular complexity index is 285. The highest BCUT2D eigenvalue weighted by molar-refractivity contribution is 6.29. The first-order chi connectivity index (χ1) is 5.97. The van der Waals surface area contributed by atoms with Gasteiger partial charge in [-0.15, -0.1) is 0 Å². The molecule has 0 saturated carbocycles. The van der Waals surface area contributed by atoms with Crippen molar-refractivity contribution in [2.24, 2.45) is 0 Å². The molecule has 13 heavy (non-hydrogen) atoms. The lowest BCUT2D eigenvalue weighted by molar-refractivity contribution is 0.0944. The normalized spacial score (nSPS) is 11.4. The average Bonchev–Trinajstić information content (AvgIpc) is 2.00. The molecule has 0 aliphatic carbocycles. The number of nitrogens with zero attached hydrogens (tertiary/aromatic N) is 2. The molecule has 0 aromatic carbocycles. The summed E-state index contributed by atoms with van der Waals surface area (Å²) >= 11 is 5.64. The summed E-state index contributed by atoms with van der Waals surface area (Å²) in [7, 11) is 0. The van der Waals surface area contributed by atoms with E-state index >= 15 is 0 Å². The van der Waals surface area contributed by atoms with Crippen molar-refractivity contribution in [3.05, 3.63) is 17.5 Å². The summed E-state index contributed by atoms with van der Waals surface area (Å²) in [5.41, 5.74) is -0.766. The van der Waals surface area contributed by atoms with Crippen molar-refractivity contribution >= 4 is 17.4 Å². The Morgan fingerprint density at radius 2 is 2.23 bits per heavy atom. The van der Waals surface area contributed by atoms with Crippen LogP contribution in [0.1, 0.15) is 13.8 Å². The van der Waals surface area contributed by atoms with Gasteiger partial charge in [-0.05, 0) is 13.8 Å². The lowest BCUT2D eigenvalue weighted by Crippen LogP contribution is -2.29. The summed E-state index contributed by atoms with van der Waals surface area (Å²) in [4.78, 5) is 7.66. The van der Waals surface area contributed by atoms with Crippen molar-refractivity contribution < 1.29 is 5.11 Å². The average molecular weight is 202 g/mol. The predicted molar refractivity (Wildman–Crippen MR) is 51.8 cm³/mol. The first-order valence-electron chi connectivity index (χ1n) is 3.91. The molecular weight excluding hydrogens is 190 g/mol. The lowest BCUT2D eigenvalue weighted by Gasteiger charge is -2.17. The second kappa shape index (κ2) is 3.89. The molecule has 1 aromatic heterocycles. The highest BCUT2D eigenvalue weighted by atomic mass is 35.5. The molecular formula is C8H12ClN3O. The molecule has 0 amide bonds. The summed E-state index contributed by atoms with van der Waals surface area (Å²) < 4.78 is 0. The van der Waals surface area contributed by atoms with Gasteiger partial charge in [0.25, 0.3) is 0 Å². The van der Waals surface area contributed by atoms with E-state index in [1.54, 1.807) is 19.9 Å². The molecule has 1 rings (SSSR count). The minimum atomic E-state index is -0.766. The number of halogens is 1. The SMILES string of the molecule is CC(C)(O)CNc1cc(Cl)ncn1. The van der Waals surface area contributed by atoms with E-state index in [2.05, 4.69) is 15.3 Å². The second-order valence-corrected chi connectivity index (χ2v) is 3.78. The molecule has 0 atom stereocenters. The fraction of sp³-hybridized carbons (Fsp3) is 0.500. The van der Waals surface area contributed by atoms with Gasteiger partial charge in [0, 0.05) is 12.6 Å². The number of nitrogens with one attached hydrogen (secondary N) is 1. The maximum absolute atomic E-state index is 9.41. The zero-order valence-electron chi connectivity index (χ0n) is 7.58. The topological polar surface area (TPSA) is 58.0 Å². The number of rotatable bonds is 3. The van der Waals surface area contributed by atoms with Gasteiger partial charge in [0.1, 0.15) is 17.3 Å². The van der Waals surface area contributed by atoms with E-state index in [0.29, 0.717) is 17.5 Å².